The summed E-state index contributed by atoms with van der Waals surface area (Å²) in [5, 5.41) is 5.84. The Morgan fingerprint density at radius 3 is 2.96 bits per heavy atom. The van der Waals surface area contributed by atoms with Gasteiger partial charge in [-0.25, -0.2) is 9.18 Å². The molecule has 1 atom stereocenters. The Balaban J connectivity index is 1.61. The molecule has 0 aromatic heterocycles. The number of ether oxygens (including phenoxy) is 1. The second-order valence-corrected chi connectivity index (χ2v) is 5.99. The molecule has 2 aromatic rings. The van der Waals surface area contributed by atoms with Crippen molar-refractivity contribution in [3.8, 4) is 5.75 Å². The van der Waals surface area contributed by atoms with Crippen LogP contribution in [0.2, 0.25) is 0 Å². The van der Waals surface area contributed by atoms with Crippen LogP contribution in [-0.4, -0.2) is 12.6 Å². The normalized spacial score (nSPS) is 16.5. The number of carbonyl (C=O) groups is 1. The summed E-state index contributed by atoms with van der Waals surface area (Å²) in [6.07, 6.45) is 1.72. The smallest absolute Gasteiger partial charge is 0.315 e. The van der Waals surface area contributed by atoms with E-state index in [2.05, 4.69) is 10.6 Å². The quantitative estimate of drug-likeness (QED) is 0.899. The summed E-state index contributed by atoms with van der Waals surface area (Å²) in [5.74, 6) is 0.590. The summed E-state index contributed by atoms with van der Waals surface area (Å²) in [6.45, 7) is 2.73. The van der Waals surface area contributed by atoms with E-state index in [0.717, 1.165) is 29.7 Å². The number of hydrogen-bond donors (Lipinski definition) is 2. The number of urea groups is 1. The van der Waals surface area contributed by atoms with Crippen LogP contribution in [0.4, 0.5) is 9.18 Å². The average Bonchev–Trinajstić information content (AvgIpc) is 2.79. The summed E-state index contributed by atoms with van der Waals surface area (Å²) < 4.78 is 19.0. The lowest BCUT2D eigenvalue weighted by molar-refractivity contribution is 0.236. The Morgan fingerprint density at radius 1 is 1.29 bits per heavy atom. The zero-order valence-corrected chi connectivity index (χ0v) is 13.6. The van der Waals surface area contributed by atoms with Crippen LogP contribution in [0, 0.1) is 12.7 Å². The zero-order chi connectivity index (χ0) is 16.9. The van der Waals surface area contributed by atoms with Crippen molar-refractivity contribution >= 4 is 6.03 Å². The highest BCUT2D eigenvalue weighted by atomic mass is 19.1. The van der Waals surface area contributed by atoms with Gasteiger partial charge in [-0.1, -0.05) is 30.3 Å². The molecule has 1 unspecified atom stereocenters. The molecule has 2 amide bonds. The molecule has 1 heterocycles. The highest BCUT2D eigenvalue weighted by molar-refractivity contribution is 5.74. The molecule has 0 radical (unpaired) electrons. The van der Waals surface area contributed by atoms with Gasteiger partial charge in [-0.05, 0) is 43.0 Å². The number of fused-ring (bicyclic) bond motifs is 1. The first kappa shape index (κ1) is 16.3. The fourth-order valence-electron chi connectivity index (χ4n) is 2.88. The number of rotatable bonds is 3. The number of para-hydroxylation sites is 1. The van der Waals surface area contributed by atoms with E-state index in [1.807, 2.05) is 24.3 Å². The van der Waals surface area contributed by atoms with Crippen molar-refractivity contribution in [3.05, 3.63) is 65.0 Å². The lowest BCUT2D eigenvalue weighted by Gasteiger charge is -2.18. The number of nitrogens with one attached hydrogen (secondary N) is 2. The number of hydrogen-bond acceptors (Lipinski definition) is 2. The van der Waals surface area contributed by atoms with Crippen molar-refractivity contribution < 1.29 is 13.9 Å². The van der Waals surface area contributed by atoms with Gasteiger partial charge in [-0.2, -0.15) is 0 Å². The average molecular weight is 328 g/mol. The molecule has 24 heavy (non-hydrogen) atoms. The van der Waals surface area contributed by atoms with Crippen molar-refractivity contribution in [2.45, 2.75) is 32.4 Å². The van der Waals surface area contributed by atoms with E-state index in [4.69, 9.17) is 4.74 Å². The summed E-state index contributed by atoms with van der Waals surface area (Å²) in [7, 11) is 0. The molecule has 0 saturated heterocycles. The van der Waals surface area contributed by atoms with Gasteiger partial charge in [0.1, 0.15) is 11.6 Å². The van der Waals surface area contributed by atoms with E-state index < -0.39 is 0 Å². The van der Waals surface area contributed by atoms with Crippen molar-refractivity contribution in [3.63, 3.8) is 0 Å². The molecule has 4 nitrogen and oxygen atoms in total. The minimum absolute atomic E-state index is 0.0707. The molecule has 0 bridgehead atoms. The van der Waals surface area contributed by atoms with Crippen molar-refractivity contribution in [2.75, 3.05) is 6.61 Å². The zero-order valence-electron chi connectivity index (χ0n) is 13.6. The first-order chi connectivity index (χ1) is 11.6. The Hall–Kier alpha value is -2.56. The van der Waals surface area contributed by atoms with Gasteiger partial charge in [0.25, 0.3) is 0 Å². The number of benzene rings is 2. The highest BCUT2D eigenvalue weighted by Gasteiger charge is 2.20. The Labute approximate surface area is 141 Å². The maximum atomic E-state index is 13.3. The number of halogens is 1. The van der Waals surface area contributed by atoms with Gasteiger partial charge in [-0.3, -0.25) is 0 Å². The highest BCUT2D eigenvalue weighted by Crippen LogP contribution is 2.30. The third-order valence-electron chi connectivity index (χ3n) is 4.17. The van der Waals surface area contributed by atoms with Gasteiger partial charge < -0.3 is 15.4 Å². The van der Waals surface area contributed by atoms with Crippen LogP contribution >= 0.6 is 0 Å². The van der Waals surface area contributed by atoms with E-state index in [0.29, 0.717) is 18.7 Å². The third kappa shape index (κ3) is 3.85. The summed E-state index contributed by atoms with van der Waals surface area (Å²) in [5.41, 5.74) is 2.45. The molecule has 5 heteroatoms. The van der Waals surface area contributed by atoms with Crippen LogP contribution in [0.5, 0.6) is 5.75 Å². The Bertz CT molecular complexity index is 733. The second-order valence-electron chi connectivity index (χ2n) is 5.99. The summed E-state index contributed by atoms with van der Waals surface area (Å²) in [6, 6.07) is 12.3. The molecule has 2 aromatic carbocycles. The van der Waals surface area contributed by atoms with Gasteiger partial charge in [-0.15, -0.1) is 0 Å². The van der Waals surface area contributed by atoms with Crippen LogP contribution in [0.15, 0.2) is 42.5 Å². The predicted octanol–water partition coefficient (Wildman–Crippen LogP) is 3.85. The molecule has 0 fully saturated rings. The fourth-order valence-corrected chi connectivity index (χ4v) is 2.88. The largest absolute Gasteiger partial charge is 0.493 e. The molecule has 1 aliphatic rings. The van der Waals surface area contributed by atoms with Gasteiger partial charge in [0.2, 0.25) is 0 Å². The lowest BCUT2D eigenvalue weighted by atomic mass is 10.0. The molecule has 2 N–H and O–H groups in total. The monoisotopic (exact) mass is 328 g/mol. The molecule has 1 aliphatic heterocycles. The SMILES string of the molecule is Cc1cc(CNC(=O)NC2CCCOc3ccccc32)ccc1F. The van der Waals surface area contributed by atoms with Gasteiger partial charge in [0.15, 0.2) is 0 Å². The van der Waals surface area contributed by atoms with Crippen LogP contribution < -0.4 is 15.4 Å². The van der Waals surface area contributed by atoms with Crippen molar-refractivity contribution in [1.82, 2.24) is 10.6 Å². The van der Waals surface area contributed by atoms with Crippen molar-refractivity contribution in [2.24, 2.45) is 0 Å². The molecular weight excluding hydrogens is 307 g/mol. The summed E-state index contributed by atoms with van der Waals surface area (Å²) >= 11 is 0. The molecule has 0 saturated carbocycles. The van der Waals surface area contributed by atoms with E-state index in [1.165, 1.54) is 6.07 Å². The number of amides is 2. The molecule has 126 valence electrons. The topological polar surface area (TPSA) is 50.4 Å². The van der Waals surface area contributed by atoms with E-state index >= 15 is 0 Å². The number of aryl methyl sites for hydroxylation is 1. The molecule has 0 spiro atoms. The van der Waals surface area contributed by atoms with Gasteiger partial charge in [0, 0.05) is 12.1 Å². The Kier molecular flexibility index (Phi) is 4.99. The second kappa shape index (κ2) is 7.34. The van der Waals surface area contributed by atoms with Crippen LogP contribution in [0.3, 0.4) is 0 Å². The molecule has 0 aliphatic carbocycles. The van der Waals surface area contributed by atoms with E-state index in [-0.39, 0.29) is 17.9 Å². The van der Waals surface area contributed by atoms with E-state index in [9.17, 15) is 9.18 Å². The third-order valence-corrected chi connectivity index (χ3v) is 4.17. The standard InChI is InChI=1S/C19H21FN2O2/c1-13-11-14(8-9-16(13)20)12-21-19(23)22-17-6-4-10-24-18-7-3-2-5-15(17)18/h2-3,5,7-9,11,17H,4,6,10,12H2,1H3,(H2,21,22,23). The van der Waals surface area contributed by atoms with Crippen LogP contribution in [0.25, 0.3) is 0 Å². The number of carbonyl (C=O) groups excluding carboxylic acids is 1. The van der Waals surface area contributed by atoms with Gasteiger partial charge in [0.05, 0.1) is 12.6 Å². The predicted molar refractivity (Wildman–Crippen MR) is 90.4 cm³/mol. The summed E-state index contributed by atoms with van der Waals surface area (Å²) in [4.78, 5) is 12.2. The van der Waals surface area contributed by atoms with Crippen molar-refractivity contribution in [1.29, 1.82) is 0 Å². The first-order valence-corrected chi connectivity index (χ1v) is 8.14. The fraction of sp³-hybridized carbons (Fsp3) is 0.316. The minimum Gasteiger partial charge on any atom is -0.493 e. The van der Waals surface area contributed by atoms with Crippen LogP contribution in [0.1, 0.15) is 35.6 Å². The molecule has 3 rings (SSSR count). The molecular formula is C19H21FN2O2. The Morgan fingerprint density at radius 2 is 2.12 bits per heavy atom. The minimum atomic E-state index is -0.238. The maximum Gasteiger partial charge on any atom is 0.315 e. The first-order valence-electron chi connectivity index (χ1n) is 8.14. The van der Waals surface area contributed by atoms with Crippen LogP contribution in [-0.2, 0) is 6.54 Å². The van der Waals surface area contributed by atoms with E-state index in [1.54, 1.807) is 19.1 Å². The van der Waals surface area contributed by atoms with Gasteiger partial charge >= 0.3 is 6.03 Å². The lowest BCUT2D eigenvalue weighted by Crippen LogP contribution is -2.37. The maximum absolute atomic E-state index is 13.3.